The zero-order valence-electron chi connectivity index (χ0n) is 10.9. The molecule has 1 heterocycles. The monoisotopic (exact) mass is 262 g/mol. The lowest BCUT2D eigenvalue weighted by molar-refractivity contribution is -0.122. The fraction of sp³-hybridized carbons (Fsp3) is 0.429. The lowest BCUT2D eigenvalue weighted by Gasteiger charge is -2.11. The first-order valence-corrected chi connectivity index (χ1v) is 6.39. The number of methoxy groups -OCH3 is 1. The van der Waals surface area contributed by atoms with Crippen molar-refractivity contribution in [3.8, 4) is 0 Å². The van der Waals surface area contributed by atoms with Crippen LogP contribution < -0.4 is 10.6 Å². The van der Waals surface area contributed by atoms with Crippen molar-refractivity contribution in [3.05, 3.63) is 35.4 Å². The van der Waals surface area contributed by atoms with Crippen molar-refractivity contribution < 1.29 is 14.3 Å². The number of hydrogen-bond donors (Lipinski definition) is 2. The smallest absolute Gasteiger partial charge is 0.337 e. The summed E-state index contributed by atoms with van der Waals surface area (Å²) in [7, 11) is 1.35. The van der Waals surface area contributed by atoms with Crippen molar-refractivity contribution in [1.82, 2.24) is 10.6 Å². The fourth-order valence-electron chi connectivity index (χ4n) is 2.10. The van der Waals surface area contributed by atoms with E-state index >= 15 is 0 Å². The molecule has 1 aromatic carbocycles. The van der Waals surface area contributed by atoms with E-state index in [0.717, 1.165) is 24.9 Å². The zero-order chi connectivity index (χ0) is 13.7. The minimum Gasteiger partial charge on any atom is -0.465 e. The van der Waals surface area contributed by atoms with Gasteiger partial charge in [0.25, 0.3) is 0 Å². The Labute approximate surface area is 112 Å². The van der Waals surface area contributed by atoms with E-state index in [2.05, 4.69) is 15.4 Å². The van der Waals surface area contributed by atoms with E-state index in [4.69, 9.17) is 0 Å². The van der Waals surface area contributed by atoms with Gasteiger partial charge in [-0.05, 0) is 37.1 Å². The molecule has 0 bridgehead atoms. The molecule has 0 radical (unpaired) electrons. The molecule has 1 aliphatic heterocycles. The summed E-state index contributed by atoms with van der Waals surface area (Å²) in [6.45, 7) is 1.38. The van der Waals surface area contributed by atoms with Gasteiger partial charge in [-0.2, -0.15) is 0 Å². The van der Waals surface area contributed by atoms with E-state index in [-0.39, 0.29) is 17.9 Å². The highest BCUT2D eigenvalue weighted by atomic mass is 16.5. The van der Waals surface area contributed by atoms with Crippen molar-refractivity contribution >= 4 is 11.9 Å². The molecule has 1 aromatic rings. The van der Waals surface area contributed by atoms with Gasteiger partial charge in [-0.1, -0.05) is 12.1 Å². The molecule has 0 aromatic heterocycles. The van der Waals surface area contributed by atoms with Gasteiger partial charge in [0.1, 0.15) is 0 Å². The predicted octanol–water partition coefficient (Wildman–Crippen LogP) is 0.841. The normalized spacial score (nSPS) is 18.1. The third kappa shape index (κ3) is 3.54. The van der Waals surface area contributed by atoms with E-state index in [1.54, 1.807) is 12.1 Å². The summed E-state index contributed by atoms with van der Waals surface area (Å²) in [5, 5.41) is 6.04. The number of carbonyl (C=O) groups excluding carboxylic acids is 2. The van der Waals surface area contributed by atoms with Gasteiger partial charge in [0.05, 0.1) is 18.7 Å². The summed E-state index contributed by atoms with van der Waals surface area (Å²) in [4.78, 5) is 23.1. The molecule has 19 heavy (non-hydrogen) atoms. The second-order valence-electron chi connectivity index (χ2n) is 4.56. The molecule has 1 atom stereocenters. The Morgan fingerprint density at radius 1 is 1.37 bits per heavy atom. The van der Waals surface area contributed by atoms with Gasteiger partial charge in [0, 0.05) is 6.54 Å². The highest BCUT2D eigenvalue weighted by Crippen LogP contribution is 2.07. The van der Waals surface area contributed by atoms with Crippen LogP contribution in [0.3, 0.4) is 0 Å². The van der Waals surface area contributed by atoms with Gasteiger partial charge in [-0.25, -0.2) is 4.79 Å². The van der Waals surface area contributed by atoms with Crippen LogP contribution in [0.2, 0.25) is 0 Å². The van der Waals surface area contributed by atoms with Gasteiger partial charge in [0.15, 0.2) is 0 Å². The molecule has 1 saturated heterocycles. The predicted molar refractivity (Wildman–Crippen MR) is 70.7 cm³/mol. The maximum absolute atomic E-state index is 11.8. The minimum atomic E-state index is -0.356. The van der Waals surface area contributed by atoms with Crippen molar-refractivity contribution in [3.63, 3.8) is 0 Å². The van der Waals surface area contributed by atoms with E-state index in [0.29, 0.717) is 12.1 Å². The van der Waals surface area contributed by atoms with Crippen molar-refractivity contribution in [2.24, 2.45) is 0 Å². The maximum Gasteiger partial charge on any atom is 0.337 e. The Hall–Kier alpha value is -1.88. The Morgan fingerprint density at radius 2 is 2.11 bits per heavy atom. The first-order valence-electron chi connectivity index (χ1n) is 6.39. The largest absolute Gasteiger partial charge is 0.465 e. The minimum absolute atomic E-state index is 0.0366. The Balaban J connectivity index is 1.85. The molecule has 5 heteroatoms. The van der Waals surface area contributed by atoms with Crippen molar-refractivity contribution in [2.45, 2.75) is 25.4 Å². The molecule has 5 nitrogen and oxygen atoms in total. The van der Waals surface area contributed by atoms with Crippen LogP contribution in [0.5, 0.6) is 0 Å². The number of nitrogens with one attached hydrogen (secondary N) is 2. The van der Waals surface area contributed by atoms with Gasteiger partial charge < -0.3 is 15.4 Å². The molecule has 0 aliphatic carbocycles. The summed E-state index contributed by atoms with van der Waals surface area (Å²) in [6, 6.07) is 6.96. The summed E-state index contributed by atoms with van der Waals surface area (Å²) in [5.74, 6) is -0.319. The summed E-state index contributed by atoms with van der Waals surface area (Å²) < 4.78 is 4.62. The second-order valence-corrected chi connectivity index (χ2v) is 4.56. The number of rotatable bonds is 4. The van der Waals surface area contributed by atoms with E-state index in [9.17, 15) is 9.59 Å². The van der Waals surface area contributed by atoms with Crippen LogP contribution in [-0.4, -0.2) is 31.6 Å². The molecule has 1 unspecified atom stereocenters. The topological polar surface area (TPSA) is 67.4 Å². The van der Waals surface area contributed by atoms with Gasteiger partial charge in [-0.3, -0.25) is 4.79 Å². The van der Waals surface area contributed by atoms with Crippen LogP contribution in [0.15, 0.2) is 24.3 Å². The fourth-order valence-corrected chi connectivity index (χ4v) is 2.10. The van der Waals surface area contributed by atoms with Crippen LogP contribution in [0.25, 0.3) is 0 Å². The van der Waals surface area contributed by atoms with Gasteiger partial charge >= 0.3 is 5.97 Å². The first-order chi connectivity index (χ1) is 9.20. The molecule has 2 rings (SSSR count). The number of esters is 1. The van der Waals surface area contributed by atoms with Crippen molar-refractivity contribution in [1.29, 1.82) is 0 Å². The summed E-state index contributed by atoms with van der Waals surface area (Å²) >= 11 is 0. The summed E-state index contributed by atoms with van der Waals surface area (Å²) in [5.41, 5.74) is 1.47. The lowest BCUT2D eigenvalue weighted by atomic mass is 10.1. The summed E-state index contributed by atoms with van der Waals surface area (Å²) in [6.07, 6.45) is 1.94. The van der Waals surface area contributed by atoms with Crippen LogP contribution >= 0.6 is 0 Å². The van der Waals surface area contributed by atoms with E-state index < -0.39 is 0 Å². The van der Waals surface area contributed by atoms with E-state index in [1.165, 1.54) is 7.11 Å². The number of ether oxygens (including phenoxy) is 1. The van der Waals surface area contributed by atoms with Crippen LogP contribution in [0.4, 0.5) is 0 Å². The SMILES string of the molecule is COC(=O)c1ccc(CNC(=O)C2CCCN2)cc1. The Morgan fingerprint density at radius 3 is 2.68 bits per heavy atom. The molecular weight excluding hydrogens is 244 g/mol. The number of hydrogen-bond acceptors (Lipinski definition) is 4. The lowest BCUT2D eigenvalue weighted by Crippen LogP contribution is -2.39. The molecular formula is C14H18N2O3. The van der Waals surface area contributed by atoms with Crippen LogP contribution in [0.1, 0.15) is 28.8 Å². The molecule has 1 aliphatic rings. The molecule has 0 spiro atoms. The quantitative estimate of drug-likeness (QED) is 0.789. The maximum atomic E-state index is 11.8. The average molecular weight is 262 g/mol. The highest BCUT2D eigenvalue weighted by molar-refractivity contribution is 5.89. The van der Waals surface area contributed by atoms with Crippen LogP contribution in [0, 0.1) is 0 Å². The standard InChI is InChI=1S/C14H18N2O3/c1-19-14(18)11-6-4-10(5-7-11)9-16-13(17)12-3-2-8-15-12/h4-7,12,15H,2-3,8-9H2,1H3,(H,16,17). The number of amides is 1. The molecule has 1 fully saturated rings. The highest BCUT2D eigenvalue weighted by Gasteiger charge is 2.21. The molecule has 2 N–H and O–H groups in total. The molecule has 1 amide bonds. The van der Waals surface area contributed by atoms with Crippen LogP contribution in [-0.2, 0) is 16.1 Å². The Kier molecular flexibility index (Phi) is 4.52. The Bertz CT molecular complexity index is 450. The molecule has 102 valence electrons. The molecule has 0 saturated carbocycles. The zero-order valence-corrected chi connectivity index (χ0v) is 10.9. The third-order valence-electron chi connectivity index (χ3n) is 3.22. The van der Waals surface area contributed by atoms with Crippen molar-refractivity contribution in [2.75, 3.05) is 13.7 Å². The van der Waals surface area contributed by atoms with Gasteiger partial charge in [0.2, 0.25) is 5.91 Å². The van der Waals surface area contributed by atoms with Gasteiger partial charge in [-0.15, -0.1) is 0 Å². The first kappa shape index (κ1) is 13.5. The van der Waals surface area contributed by atoms with E-state index in [1.807, 2.05) is 12.1 Å². The number of benzene rings is 1. The second kappa shape index (κ2) is 6.33. The third-order valence-corrected chi connectivity index (χ3v) is 3.22. The average Bonchev–Trinajstić information content (AvgIpc) is 2.98. The number of carbonyl (C=O) groups is 2.